The topological polar surface area (TPSA) is 88.5 Å². The van der Waals surface area contributed by atoms with Crippen LogP contribution in [0.5, 0.6) is 0 Å². The summed E-state index contributed by atoms with van der Waals surface area (Å²) < 4.78 is 2.51. The molecule has 0 bridgehead atoms. The van der Waals surface area contributed by atoms with Crippen molar-refractivity contribution in [2.45, 2.75) is 0 Å². The van der Waals surface area contributed by atoms with Crippen LogP contribution in [-0.4, -0.2) is 24.5 Å². The van der Waals surface area contributed by atoms with Crippen molar-refractivity contribution >= 4 is 46.4 Å². The van der Waals surface area contributed by atoms with Crippen LogP contribution in [0.15, 0.2) is 76.3 Å². The molecule has 0 unspecified atom stereocenters. The van der Waals surface area contributed by atoms with E-state index < -0.39 is 0 Å². The first-order chi connectivity index (χ1) is 16.3. The van der Waals surface area contributed by atoms with Gasteiger partial charge in [0.05, 0.1) is 42.9 Å². The van der Waals surface area contributed by atoms with E-state index in [-0.39, 0.29) is 11.1 Å². The van der Waals surface area contributed by atoms with E-state index in [1.54, 1.807) is 54.6 Å². The minimum Gasteiger partial charge on any atom is -0.289 e. The SMILES string of the molecule is O=c1cc(-c2cccc(-c3cc(=O)n(-c4c(Cl)cccc4Cl)[nH]3)n2)[nH]n1-c1c(Cl)cccc1Cl. The molecule has 0 aliphatic carbocycles. The van der Waals surface area contributed by atoms with Gasteiger partial charge in [-0.05, 0) is 36.4 Å². The van der Waals surface area contributed by atoms with Crippen LogP contribution in [0, 0.1) is 0 Å². The number of halogens is 4. The first-order valence-corrected chi connectivity index (χ1v) is 11.4. The van der Waals surface area contributed by atoms with Crippen LogP contribution in [-0.2, 0) is 0 Å². The van der Waals surface area contributed by atoms with Gasteiger partial charge in [0.25, 0.3) is 11.1 Å². The summed E-state index contributed by atoms with van der Waals surface area (Å²) in [5.74, 6) is 0. The molecular weight excluding hydrogens is 520 g/mol. The number of rotatable bonds is 4. The molecule has 34 heavy (non-hydrogen) atoms. The Bertz CT molecular complexity index is 1510. The standard InChI is InChI=1S/C23H13Cl4N5O2/c24-12-4-1-5-13(25)22(12)31-20(33)10-18(29-31)16-8-3-9-17(28-16)19-11-21(34)32(30-19)23-14(26)6-2-7-15(23)27/h1-11,29-30H. The number of H-pyrrole nitrogens is 2. The highest BCUT2D eigenvalue weighted by Gasteiger charge is 2.16. The Balaban J connectivity index is 1.57. The average Bonchev–Trinajstić information content (AvgIpc) is 3.37. The van der Waals surface area contributed by atoms with E-state index in [0.29, 0.717) is 54.2 Å². The van der Waals surface area contributed by atoms with E-state index >= 15 is 0 Å². The third-order valence-corrected chi connectivity index (χ3v) is 6.28. The van der Waals surface area contributed by atoms with Crippen LogP contribution in [0.3, 0.4) is 0 Å². The maximum absolute atomic E-state index is 12.7. The molecule has 3 heterocycles. The van der Waals surface area contributed by atoms with Crippen molar-refractivity contribution in [2.75, 3.05) is 0 Å². The van der Waals surface area contributed by atoms with E-state index in [4.69, 9.17) is 46.4 Å². The quantitative estimate of drug-likeness (QED) is 0.298. The molecule has 2 N–H and O–H groups in total. The second-order valence-electron chi connectivity index (χ2n) is 7.24. The Hall–Kier alpha value is -3.23. The van der Waals surface area contributed by atoms with Gasteiger partial charge in [0, 0.05) is 12.1 Å². The molecule has 0 spiro atoms. The fourth-order valence-corrected chi connectivity index (χ4v) is 4.66. The van der Waals surface area contributed by atoms with Crippen molar-refractivity contribution in [1.29, 1.82) is 0 Å². The molecule has 0 radical (unpaired) electrons. The fraction of sp³-hybridized carbons (Fsp3) is 0. The summed E-state index contributed by atoms with van der Waals surface area (Å²) in [5, 5.41) is 7.27. The first-order valence-electron chi connectivity index (χ1n) is 9.84. The number of benzene rings is 2. The van der Waals surface area contributed by atoms with Crippen LogP contribution in [0.4, 0.5) is 0 Å². The zero-order chi connectivity index (χ0) is 24.0. The second-order valence-corrected chi connectivity index (χ2v) is 8.86. The van der Waals surface area contributed by atoms with Gasteiger partial charge in [-0.15, -0.1) is 0 Å². The van der Waals surface area contributed by atoms with E-state index in [1.165, 1.54) is 21.5 Å². The lowest BCUT2D eigenvalue weighted by atomic mass is 10.2. The zero-order valence-corrected chi connectivity index (χ0v) is 20.0. The van der Waals surface area contributed by atoms with Crippen LogP contribution in [0.2, 0.25) is 20.1 Å². The maximum Gasteiger partial charge on any atom is 0.271 e. The highest BCUT2D eigenvalue weighted by atomic mass is 35.5. The molecule has 0 saturated heterocycles. The van der Waals surface area contributed by atoms with Gasteiger partial charge in [-0.1, -0.05) is 64.6 Å². The number of aromatic nitrogens is 5. The van der Waals surface area contributed by atoms with Gasteiger partial charge in [0.2, 0.25) is 0 Å². The normalized spacial score (nSPS) is 11.2. The molecular formula is C23H13Cl4N5O2. The molecule has 11 heteroatoms. The smallest absolute Gasteiger partial charge is 0.271 e. The predicted octanol–water partition coefficient (Wildman–Crippen LogP) is 5.99. The van der Waals surface area contributed by atoms with Crippen molar-refractivity contribution < 1.29 is 0 Å². The minimum atomic E-state index is -0.356. The molecule has 0 amide bonds. The average molecular weight is 533 g/mol. The number of hydrogen-bond acceptors (Lipinski definition) is 3. The van der Waals surface area contributed by atoms with Crippen molar-refractivity contribution in [3.8, 4) is 34.2 Å². The van der Waals surface area contributed by atoms with Gasteiger partial charge >= 0.3 is 0 Å². The number of hydrogen-bond donors (Lipinski definition) is 2. The van der Waals surface area contributed by atoms with Crippen molar-refractivity contribution in [2.24, 2.45) is 0 Å². The van der Waals surface area contributed by atoms with Crippen molar-refractivity contribution in [3.63, 3.8) is 0 Å². The van der Waals surface area contributed by atoms with Crippen LogP contribution >= 0.6 is 46.4 Å². The van der Waals surface area contributed by atoms with Crippen molar-refractivity contribution in [3.05, 3.63) is 108 Å². The molecule has 2 aromatic carbocycles. The molecule has 0 aliphatic rings. The first kappa shape index (κ1) is 22.6. The molecule has 170 valence electrons. The summed E-state index contributed by atoms with van der Waals surface area (Å²) in [6.07, 6.45) is 0. The van der Waals surface area contributed by atoms with Gasteiger partial charge in [0.1, 0.15) is 11.4 Å². The minimum absolute atomic E-state index is 0.321. The Morgan fingerprint density at radius 3 is 1.32 bits per heavy atom. The van der Waals surface area contributed by atoms with Gasteiger partial charge in [-0.2, -0.15) is 0 Å². The molecule has 0 atom stereocenters. The fourth-order valence-electron chi connectivity index (χ4n) is 3.53. The maximum atomic E-state index is 12.7. The predicted molar refractivity (Wildman–Crippen MR) is 135 cm³/mol. The molecule has 0 saturated carbocycles. The lowest BCUT2D eigenvalue weighted by Crippen LogP contribution is -2.14. The summed E-state index contributed by atoms with van der Waals surface area (Å²) in [7, 11) is 0. The number of nitrogens with one attached hydrogen (secondary N) is 2. The van der Waals surface area contributed by atoms with Crippen LogP contribution < -0.4 is 11.1 Å². The lowest BCUT2D eigenvalue weighted by molar-refractivity contribution is 0.849. The molecule has 5 aromatic rings. The Morgan fingerprint density at radius 2 is 0.941 bits per heavy atom. The van der Waals surface area contributed by atoms with Gasteiger partial charge in [-0.3, -0.25) is 19.8 Å². The van der Waals surface area contributed by atoms with Gasteiger partial charge < -0.3 is 0 Å². The van der Waals surface area contributed by atoms with E-state index in [9.17, 15) is 9.59 Å². The zero-order valence-electron chi connectivity index (χ0n) is 17.0. The van der Waals surface area contributed by atoms with Gasteiger partial charge in [-0.25, -0.2) is 14.3 Å². The number of pyridine rings is 1. The third kappa shape index (κ3) is 3.97. The lowest BCUT2D eigenvalue weighted by Gasteiger charge is -2.08. The number of aromatic amines is 2. The summed E-state index contributed by atoms with van der Waals surface area (Å²) >= 11 is 25.0. The molecule has 7 nitrogen and oxygen atoms in total. The summed E-state index contributed by atoms with van der Waals surface area (Å²) in [4.78, 5) is 29.9. The Kier molecular flexibility index (Phi) is 5.87. The van der Waals surface area contributed by atoms with Crippen LogP contribution in [0.25, 0.3) is 34.2 Å². The largest absolute Gasteiger partial charge is 0.289 e. The summed E-state index contributed by atoms with van der Waals surface area (Å²) in [6.45, 7) is 0. The monoisotopic (exact) mass is 531 g/mol. The molecule has 5 rings (SSSR count). The second kappa shape index (κ2) is 8.85. The highest BCUT2D eigenvalue weighted by Crippen LogP contribution is 2.29. The highest BCUT2D eigenvalue weighted by molar-refractivity contribution is 6.38. The molecule has 0 fully saturated rings. The summed E-state index contributed by atoms with van der Waals surface area (Å²) in [5.41, 5.74) is 1.81. The van der Waals surface area contributed by atoms with E-state index in [1.807, 2.05) is 0 Å². The molecule has 3 aromatic heterocycles. The van der Waals surface area contributed by atoms with Crippen LogP contribution in [0.1, 0.15) is 0 Å². The Morgan fingerprint density at radius 1 is 0.588 bits per heavy atom. The number of para-hydroxylation sites is 2. The third-order valence-electron chi connectivity index (χ3n) is 5.06. The van der Waals surface area contributed by atoms with Crippen molar-refractivity contribution in [1.82, 2.24) is 24.5 Å². The Labute approximate surface area is 212 Å². The van der Waals surface area contributed by atoms with Gasteiger partial charge in [0.15, 0.2) is 0 Å². The van der Waals surface area contributed by atoms with E-state index in [2.05, 4.69) is 15.2 Å². The molecule has 0 aliphatic heterocycles. The summed E-state index contributed by atoms with van der Waals surface area (Å²) in [6, 6.07) is 17.9. The number of nitrogens with zero attached hydrogens (tertiary/aromatic N) is 3. The van der Waals surface area contributed by atoms with E-state index in [0.717, 1.165) is 0 Å².